The first-order valence-corrected chi connectivity index (χ1v) is 7.92. The third-order valence-corrected chi connectivity index (χ3v) is 3.97. The molecule has 1 aromatic heterocycles. The molecule has 0 bridgehead atoms. The van der Waals surface area contributed by atoms with Gasteiger partial charge in [0.25, 0.3) is 5.91 Å². The van der Waals surface area contributed by atoms with E-state index in [9.17, 15) is 4.79 Å². The Hall–Kier alpha value is -2.56. The maximum atomic E-state index is 12.3. The first-order chi connectivity index (χ1) is 11.6. The van der Waals surface area contributed by atoms with Crippen molar-refractivity contribution in [3.63, 3.8) is 0 Å². The Kier molecular flexibility index (Phi) is 4.99. The van der Waals surface area contributed by atoms with Gasteiger partial charge in [-0.25, -0.2) is 0 Å². The summed E-state index contributed by atoms with van der Waals surface area (Å²) in [6.07, 6.45) is 1.58. The molecule has 3 aromatic rings. The fourth-order valence-corrected chi connectivity index (χ4v) is 2.39. The normalized spacial score (nSPS) is 10.2. The lowest BCUT2D eigenvalue weighted by Gasteiger charge is -2.09. The molecule has 1 heterocycles. The molecule has 0 radical (unpaired) electrons. The fraction of sp³-hybridized carbons (Fsp3) is 0. The highest BCUT2D eigenvalue weighted by atomic mass is 35.5. The van der Waals surface area contributed by atoms with Gasteiger partial charge < -0.3 is 10.6 Å². The molecule has 120 valence electrons. The molecule has 0 aliphatic rings. The average Bonchev–Trinajstić information content (AvgIpc) is 2.59. The summed E-state index contributed by atoms with van der Waals surface area (Å²) in [5, 5.41) is 6.78. The number of benzene rings is 2. The largest absolute Gasteiger partial charge is 0.355 e. The molecule has 0 aliphatic carbocycles. The number of hydrogen-bond acceptors (Lipinski definition) is 3. The van der Waals surface area contributed by atoms with Gasteiger partial charge in [-0.3, -0.25) is 9.78 Å². The molecule has 0 fully saturated rings. The van der Waals surface area contributed by atoms with Crippen LogP contribution in [0, 0.1) is 0 Å². The van der Waals surface area contributed by atoms with Crippen molar-refractivity contribution in [1.29, 1.82) is 0 Å². The fourth-order valence-electron chi connectivity index (χ4n) is 2.09. The molecule has 0 aliphatic heterocycles. The van der Waals surface area contributed by atoms with E-state index in [4.69, 9.17) is 23.2 Å². The molecular weight excluding hydrogens is 345 g/mol. The monoisotopic (exact) mass is 357 g/mol. The standard InChI is InChI=1S/C18H13Cl2N3O/c19-15-7-6-13(10-16(15)20)23-18(24)17-11-14(8-9-21-17)22-12-4-2-1-3-5-12/h1-11H,(H,21,22)(H,23,24). The zero-order valence-electron chi connectivity index (χ0n) is 12.5. The second kappa shape index (κ2) is 7.34. The summed E-state index contributed by atoms with van der Waals surface area (Å²) >= 11 is 11.8. The van der Waals surface area contributed by atoms with E-state index in [1.807, 2.05) is 30.3 Å². The van der Waals surface area contributed by atoms with Crippen LogP contribution in [0.4, 0.5) is 17.1 Å². The average molecular weight is 358 g/mol. The van der Waals surface area contributed by atoms with E-state index >= 15 is 0 Å². The summed E-state index contributed by atoms with van der Waals surface area (Å²) in [7, 11) is 0. The SMILES string of the molecule is O=C(Nc1ccc(Cl)c(Cl)c1)c1cc(Nc2ccccc2)ccn1. The summed E-state index contributed by atoms with van der Waals surface area (Å²) in [6.45, 7) is 0. The molecule has 2 N–H and O–H groups in total. The number of aromatic nitrogens is 1. The number of para-hydroxylation sites is 1. The molecule has 3 rings (SSSR count). The van der Waals surface area contributed by atoms with Gasteiger partial charge in [0.2, 0.25) is 0 Å². The second-order valence-corrected chi connectivity index (χ2v) is 5.82. The number of pyridine rings is 1. The summed E-state index contributed by atoms with van der Waals surface area (Å²) in [6, 6.07) is 18.1. The van der Waals surface area contributed by atoms with E-state index in [1.165, 1.54) is 0 Å². The quantitative estimate of drug-likeness (QED) is 0.658. The molecule has 1 amide bonds. The number of hydrogen-bond donors (Lipinski definition) is 2. The summed E-state index contributed by atoms with van der Waals surface area (Å²) < 4.78 is 0. The van der Waals surface area contributed by atoms with E-state index < -0.39 is 0 Å². The van der Waals surface area contributed by atoms with Gasteiger partial charge in [-0.05, 0) is 42.5 Å². The van der Waals surface area contributed by atoms with Crippen molar-refractivity contribution in [2.24, 2.45) is 0 Å². The van der Waals surface area contributed by atoms with E-state index in [1.54, 1.807) is 36.5 Å². The topological polar surface area (TPSA) is 54.0 Å². The molecular formula is C18H13Cl2N3O. The zero-order chi connectivity index (χ0) is 16.9. The van der Waals surface area contributed by atoms with Crippen molar-refractivity contribution in [1.82, 2.24) is 4.98 Å². The van der Waals surface area contributed by atoms with Crippen LogP contribution in [0.5, 0.6) is 0 Å². The minimum Gasteiger partial charge on any atom is -0.355 e. The molecule has 0 unspecified atom stereocenters. The Morgan fingerprint density at radius 3 is 2.38 bits per heavy atom. The van der Waals surface area contributed by atoms with Crippen LogP contribution in [-0.4, -0.2) is 10.9 Å². The molecule has 0 saturated heterocycles. The minimum absolute atomic E-state index is 0.294. The lowest BCUT2D eigenvalue weighted by atomic mass is 10.2. The van der Waals surface area contributed by atoms with E-state index in [0.29, 0.717) is 21.4 Å². The van der Waals surface area contributed by atoms with Crippen LogP contribution >= 0.6 is 23.2 Å². The van der Waals surface area contributed by atoms with Gasteiger partial charge in [0.1, 0.15) is 5.69 Å². The lowest BCUT2D eigenvalue weighted by Crippen LogP contribution is -2.13. The summed E-state index contributed by atoms with van der Waals surface area (Å²) in [5.41, 5.74) is 2.55. The number of nitrogens with zero attached hydrogens (tertiary/aromatic N) is 1. The van der Waals surface area contributed by atoms with Crippen LogP contribution in [0.25, 0.3) is 0 Å². The number of halogens is 2. The number of rotatable bonds is 4. The van der Waals surface area contributed by atoms with Gasteiger partial charge in [-0.2, -0.15) is 0 Å². The number of nitrogens with one attached hydrogen (secondary N) is 2. The van der Waals surface area contributed by atoms with Crippen LogP contribution < -0.4 is 10.6 Å². The molecule has 0 saturated carbocycles. The van der Waals surface area contributed by atoms with Crippen molar-refractivity contribution in [3.05, 3.63) is 82.6 Å². The highest BCUT2D eigenvalue weighted by Gasteiger charge is 2.09. The number of carbonyl (C=O) groups is 1. The molecule has 0 spiro atoms. The number of carbonyl (C=O) groups excluding carboxylic acids is 1. The molecule has 0 atom stereocenters. The van der Waals surface area contributed by atoms with E-state index in [0.717, 1.165) is 11.4 Å². The van der Waals surface area contributed by atoms with Gasteiger partial charge in [-0.15, -0.1) is 0 Å². The van der Waals surface area contributed by atoms with E-state index in [-0.39, 0.29) is 5.91 Å². The Labute approximate surface area is 149 Å². The van der Waals surface area contributed by atoms with Gasteiger partial charge >= 0.3 is 0 Å². The predicted molar refractivity (Wildman–Crippen MR) is 98.4 cm³/mol. The Bertz CT molecular complexity index is 869. The molecule has 4 nitrogen and oxygen atoms in total. The third-order valence-electron chi connectivity index (χ3n) is 3.23. The Morgan fingerprint density at radius 1 is 0.833 bits per heavy atom. The van der Waals surface area contributed by atoms with Crippen LogP contribution in [0.3, 0.4) is 0 Å². The van der Waals surface area contributed by atoms with Gasteiger partial charge in [0, 0.05) is 23.3 Å². The predicted octanol–water partition coefficient (Wildman–Crippen LogP) is 5.38. The summed E-state index contributed by atoms with van der Waals surface area (Å²) in [5.74, 6) is -0.329. The summed E-state index contributed by atoms with van der Waals surface area (Å²) in [4.78, 5) is 16.4. The third kappa shape index (κ3) is 4.04. The van der Waals surface area contributed by atoms with Gasteiger partial charge in [0.05, 0.1) is 10.0 Å². The van der Waals surface area contributed by atoms with Gasteiger partial charge in [-0.1, -0.05) is 41.4 Å². The first-order valence-electron chi connectivity index (χ1n) is 7.16. The van der Waals surface area contributed by atoms with Gasteiger partial charge in [0.15, 0.2) is 0 Å². The maximum absolute atomic E-state index is 12.3. The highest BCUT2D eigenvalue weighted by Crippen LogP contribution is 2.25. The second-order valence-electron chi connectivity index (χ2n) is 5.00. The minimum atomic E-state index is -0.329. The van der Waals surface area contributed by atoms with Crippen molar-refractivity contribution < 1.29 is 4.79 Å². The van der Waals surface area contributed by atoms with Crippen molar-refractivity contribution in [2.75, 3.05) is 10.6 Å². The van der Waals surface area contributed by atoms with Crippen LogP contribution in [-0.2, 0) is 0 Å². The zero-order valence-corrected chi connectivity index (χ0v) is 14.0. The number of anilines is 3. The molecule has 6 heteroatoms. The Morgan fingerprint density at radius 2 is 1.62 bits per heavy atom. The Balaban J connectivity index is 1.75. The molecule has 24 heavy (non-hydrogen) atoms. The van der Waals surface area contributed by atoms with Crippen molar-refractivity contribution in [2.45, 2.75) is 0 Å². The van der Waals surface area contributed by atoms with Crippen LogP contribution in [0.15, 0.2) is 66.9 Å². The number of amides is 1. The van der Waals surface area contributed by atoms with Crippen LogP contribution in [0.1, 0.15) is 10.5 Å². The maximum Gasteiger partial charge on any atom is 0.274 e. The molecule has 2 aromatic carbocycles. The van der Waals surface area contributed by atoms with E-state index in [2.05, 4.69) is 15.6 Å². The highest BCUT2D eigenvalue weighted by molar-refractivity contribution is 6.42. The smallest absolute Gasteiger partial charge is 0.274 e. The van der Waals surface area contributed by atoms with Crippen LogP contribution in [0.2, 0.25) is 10.0 Å². The van der Waals surface area contributed by atoms with Crippen molar-refractivity contribution >= 4 is 46.2 Å². The van der Waals surface area contributed by atoms with Crippen molar-refractivity contribution in [3.8, 4) is 0 Å². The first kappa shape index (κ1) is 16.3. The lowest BCUT2D eigenvalue weighted by molar-refractivity contribution is 0.102.